The number of aromatic nitrogens is 3. The first-order chi connectivity index (χ1) is 19.6. The molecule has 0 atom stereocenters. The molecule has 15 heteroatoms. The minimum absolute atomic E-state index is 0.0620. The molecule has 9 nitrogen and oxygen atoms in total. The third-order valence-corrected chi connectivity index (χ3v) is 8.12. The van der Waals surface area contributed by atoms with Crippen LogP contribution in [0.15, 0.2) is 24.5 Å². The van der Waals surface area contributed by atoms with Gasteiger partial charge in [-0.05, 0) is 57.0 Å². The van der Waals surface area contributed by atoms with Crippen molar-refractivity contribution in [3.05, 3.63) is 45.8 Å². The Morgan fingerprint density at radius 2 is 1.88 bits per heavy atom. The number of likely N-dealkylation sites (tertiary alicyclic amines) is 1. The Labute approximate surface area is 242 Å². The maximum absolute atomic E-state index is 15.6. The average molecular weight is 615 g/mol. The van der Waals surface area contributed by atoms with Crippen LogP contribution in [0.2, 0.25) is 5.02 Å². The highest BCUT2D eigenvalue weighted by atomic mass is 35.5. The van der Waals surface area contributed by atoms with Crippen molar-refractivity contribution < 1.29 is 32.2 Å². The molecule has 0 spiro atoms. The molecule has 4 heterocycles. The molecule has 2 saturated heterocycles. The van der Waals surface area contributed by atoms with E-state index in [0.29, 0.717) is 38.2 Å². The van der Waals surface area contributed by atoms with Crippen LogP contribution in [-0.4, -0.2) is 69.8 Å². The van der Waals surface area contributed by atoms with Crippen molar-refractivity contribution in [2.45, 2.75) is 44.5 Å². The van der Waals surface area contributed by atoms with Crippen LogP contribution in [0.5, 0.6) is 0 Å². The number of ether oxygens (including phenoxy) is 1. The standard InChI is InChI=1S/C26H27ClF4N6O3S/c27-17-10-15(9-16(11-17)26(29,30)31)22-19(12-36-5-1-2-6-36)41-25(34-22)35-23-21(28)24(33-14-32-23)37-7-3-18(4-8-37)40-13-20(38)39/h9-11,14,18H,1-8,12-13H2,(H,38,39)(H,32,33,34,35). The first-order valence-corrected chi connectivity index (χ1v) is 14.2. The van der Waals surface area contributed by atoms with Crippen LogP contribution in [0.4, 0.5) is 34.3 Å². The molecule has 0 aliphatic carbocycles. The topological polar surface area (TPSA) is 104 Å². The van der Waals surface area contributed by atoms with E-state index in [2.05, 4.69) is 25.2 Å². The van der Waals surface area contributed by atoms with E-state index in [-0.39, 0.29) is 40.1 Å². The quantitative estimate of drug-likeness (QED) is 0.289. The second kappa shape index (κ2) is 12.4. The molecule has 41 heavy (non-hydrogen) atoms. The Balaban J connectivity index is 1.39. The van der Waals surface area contributed by atoms with E-state index in [1.807, 2.05) is 0 Å². The smallest absolute Gasteiger partial charge is 0.416 e. The summed E-state index contributed by atoms with van der Waals surface area (Å²) in [4.78, 5) is 28.1. The Morgan fingerprint density at radius 3 is 2.56 bits per heavy atom. The normalized spacial score (nSPS) is 16.9. The number of alkyl halides is 3. The van der Waals surface area contributed by atoms with Crippen molar-refractivity contribution >= 4 is 45.7 Å². The highest BCUT2D eigenvalue weighted by Crippen LogP contribution is 2.39. The molecule has 0 radical (unpaired) electrons. The summed E-state index contributed by atoms with van der Waals surface area (Å²) in [6, 6.07) is 3.33. The van der Waals surface area contributed by atoms with Crippen LogP contribution in [0, 0.1) is 5.82 Å². The molecule has 0 saturated carbocycles. The fraction of sp³-hybridized carbons (Fsp3) is 0.462. The van der Waals surface area contributed by atoms with E-state index in [1.165, 1.54) is 23.7 Å². The number of carbonyl (C=O) groups is 1. The molecule has 2 fully saturated rings. The van der Waals surface area contributed by atoms with Crippen molar-refractivity contribution in [3.63, 3.8) is 0 Å². The lowest BCUT2D eigenvalue weighted by Crippen LogP contribution is -2.38. The molecule has 2 N–H and O–H groups in total. The van der Waals surface area contributed by atoms with Gasteiger partial charge in [0.1, 0.15) is 12.9 Å². The predicted octanol–water partition coefficient (Wildman–Crippen LogP) is 5.82. The van der Waals surface area contributed by atoms with Crippen molar-refractivity contribution in [1.82, 2.24) is 19.9 Å². The van der Waals surface area contributed by atoms with E-state index in [9.17, 15) is 18.0 Å². The van der Waals surface area contributed by atoms with Crippen LogP contribution in [0.3, 0.4) is 0 Å². The van der Waals surface area contributed by atoms with Crippen LogP contribution >= 0.6 is 22.9 Å². The minimum atomic E-state index is -4.58. The summed E-state index contributed by atoms with van der Waals surface area (Å²) in [6.07, 6.45) is -0.511. The second-order valence-corrected chi connectivity index (χ2v) is 11.4. The summed E-state index contributed by atoms with van der Waals surface area (Å²) in [5, 5.41) is 11.9. The number of carboxylic acids is 1. The van der Waals surface area contributed by atoms with E-state index in [4.69, 9.17) is 21.4 Å². The zero-order chi connectivity index (χ0) is 29.1. The summed E-state index contributed by atoms with van der Waals surface area (Å²) >= 11 is 7.28. The van der Waals surface area contributed by atoms with Gasteiger partial charge in [0.2, 0.25) is 5.82 Å². The number of nitrogens with zero attached hydrogens (tertiary/aromatic N) is 5. The van der Waals surface area contributed by atoms with Crippen molar-refractivity contribution in [1.29, 1.82) is 0 Å². The van der Waals surface area contributed by atoms with Gasteiger partial charge in [-0.15, -0.1) is 0 Å². The molecule has 2 aromatic heterocycles. The van der Waals surface area contributed by atoms with Crippen molar-refractivity contribution in [2.75, 3.05) is 43.0 Å². The first kappa shape index (κ1) is 29.4. The van der Waals surface area contributed by atoms with Gasteiger partial charge in [0.05, 0.1) is 17.4 Å². The summed E-state index contributed by atoms with van der Waals surface area (Å²) < 4.78 is 61.5. The van der Waals surface area contributed by atoms with Crippen LogP contribution in [0.25, 0.3) is 11.3 Å². The van der Waals surface area contributed by atoms with E-state index < -0.39 is 23.5 Å². The number of benzene rings is 1. The lowest BCUT2D eigenvalue weighted by atomic mass is 10.1. The van der Waals surface area contributed by atoms with Gasteiger partial charge in [0.25, 0.3) is 0 Å². The van der Waals surface area contributed by atoms with Gasteiger partial charge in [-0.2, -0.15) is 17.6 Å². The fourth-order valence-corrected chi connectivity index (χ4v) is 6.23. The molecular formula is C26H27ClF4N6O3S. The molecule has 2 aliphatic heterocycles. The van der Waals surface area contributed by atoms with E-state index in [1.54, 1.807) is 4.90 Å². The van der Waals surface area contributed by atoms with Gasteiger partial charge < -0.3 is 20.1 Å². The first-order valence-electron chi connectivity index (χ1n) is 13.0. The van der Waals surface area contributed by atoms with Gasteiger partial charge in [-0.3, -0.25) is 4.90 Å². The second-order valence-electron chi connectivity index (χ2n) is 9.88. The zero-order valence-electron chi connectivity index (χ0n) is 21.8. The van der Waals surface area contributed by atoms with Gasteiger partial charge in [0, 0.05) is 35.1 Å². The maximum Gasteiger partial charge on any atom is 0.416 e. The maximum atomic E-state index is 15.6. The number of piperidine rings is 1. The highest BCUT2D eigenvalue weighted by molar-refractivity contribution is 7.16. The molecular weight excluding hydrogens is 588 g/mol. The summed E-state index contributed by atoms with van der Waals surface area (Å²) in [7, 11) is 0. The predicted molar refractivity (Wildman–Crippen MR) is 146 cm³/mol. The molecule has 1 aromatic carbocycles. The minimum Gasteiger partial charge on any atom is -0.480 e. The van der Waals surface area contributed by atoms with Crippen molar-refractivity contribution in [3.8, 4) is 11.3 Å². The summed E-state index contributed by atoms with van der Waals surface area (Å²) in [5.41, 5.74) is -0.311. The lowest BCUT2D eigenvalue weighted by Gasteiger charge is -2.32. The number of halogens is 5. The van der Waals surface area contributed by atoms with Crippen LogP contribution in [-0.2, 0) is 22.3 Å². The number of carboxylic acid groups (broad SMARTS) is 1. The molecule has 0 bridgehead atoms. The van der Waals surface area contributed by atoms with Crippen molar-refractivity contribution in [2.24, 2.45) is 0 Å². The molecule has 0 amide bonds. The van der Waals surface area contributed by atoms with E-state index in [0.717, 1.165) is 42.9 Å². The number of hydrogen-bond donors (Lipinski definition) is 2. The Bertz CT molecular complexity index is 1390. The molecule has 220 valence electrons. The zero-order valence-corrected chi connectivity index (χ0v) is 23.3. The monoisotopic (exact) mass is 614 g/mol. The Hall–Kier alpha value is -3.07. The van der Waals surface area contributed by atoms with Crippen LogP contribution < -0.4 is 10.2 Å². The Morgan fingerprint density at radius 1 is 1.15 bits per heavy atom. The number of nitrogens with one attached hydrogen (secondary N) is 1. The molecule has 3 aromatic rings. The third kappa shape index (κ3) is 7.23. The molecule has 0 unspecified atom stereocenters. The molecule has 2 aliphatic rings. The number of thiazole rings is 1. The van der Waals surface area contributed by atoms with Crippen LogP contribution in [0.1, 0.15) is 36.1 Å². The van der Waals surface area contributed by atoms with Gasteiger partial charge in [-0.25, -0.2) is 19.7 Å². The number of aliphatic carboxylic acids is 1. The van der Waals surface area contributed by atoms with E-state index >= 15 is 4.39 Å². The largest absolute Gasteiger partial charge is 0.480 e. The third-order valence-electron chi connectivity index (χ3n) is 6.94. The number of anilines is 3. The number of rotatable bonds is 9. The lowest BCUT2D eigenvalue weighted by molar-refractivity contribution is -0.144. The SMILES string of the molecule is O=C(O)COC1CCN(c2ncnc(Nc3nc(-c4cc(Cl)cc(C(F)(F)F)c4)c(CN4CCCC4)s3)c2F)CC1. The van der Waals surface area contributed by atoms with Gasteiger partial charge in [0.15, 0.2) is 16.8 Å². The Kier molecular flexibility index (Phi) is 8.92. The van der Waals surface area contributed by atoms with Gasteiger partial charge >= 0.3 is 12.1 Å². The number of hydrogen-bond acceptors (Lipinski definition) is 9. The summed E-state index contributed by atoms with van der Waals surface area (Å²) in [5.74, 6) is -1.78. The highest BCUT2D eigenvalue weighted by Gasteiger charge is 2.32. The van der Waals surface area contributed by atoms with Gasteiger partial charge in [-0.1, -0.05) is 22.9 Å². The fourth-order valence-electron chi connectivity index (χ4n) is 4.96. The molecule has 5 rings (SSSR count). The average Bonchev–Trinajstić information content (AvgIpc) is 3.58. The summed E-state index contributed by atoms with van der Waals surface area (Å²) in [6.45, 7) is 2.66.